The van der Waals surface area contributed by atoms with Crippen molar-refractivity contribution in [1.29, 1.82) is 0 Å². The molecule has 0 aromatic rings. The summed E-state index contributed by atoms with van der Waals surface area (Å²) in [7, 11) is 2.32. The van der Waals surface area contributed by atoms with E-state index in [2.05, 4.69) is 42.9 Å². The molecule has 2 fully saturated rings. The van der Waals surface area contributed by atoms with E-state index in [1.54, 1.807) is 0 Å². The van der Waals surface area contributed by atoms with Crippen LogP contribution < -0.4 is 5.32 Å². The SMILES string of the molecule is CCC1CNC(CC(C)C)CN1CC1CCCCN1C. The molecule has 0 aromatic heterocycles. The van der Waals surface area contributed by atoms with Crippen LogP contribution in [0.15, 0.2) is 0 Å². The molecule has 0 aromatic carbocycles. The van der Waals surface area contributed by atoms with E-state index in [1.165, 1.54) is 58.3 Å². The average molecular weight is 281 g/mol. The Hall–Kier alpha value is -0.120. The smallest absolute Gasteiger partial charge is 0.0220 e. The third-order valence-corrected chi connectivity index (χ3v) is 5.21. The van der Waals surface area contributed by atoms with E-state index in [0.29, 0.717) is 6.04 Å². The molecule has 2 aliphatic heterocycles. The highest BCUT2D eigenvalue weighted by atomic mass is 15.3. The molecule has 3 heteroatoms. The number of hydrogen-bond acceptors (Lipinski definition) is 3. The predicted octanol–water partition coefficient (Wildman–Crippen LogP) is 2.57. The van der Waals surface area contributed by atoms with Crippen LogP contribution in [-0.4, -0.2) is 61.2 Å². The van der Waals surface area contributed by atoms with Crippen molar-refractivity contribution < 1.29 is 0 Å². The number of piperidine rings is 1. The Balaban J connectivity index is 1.90. The zero-order chi connectivity index (χ0) is 14.5. The Bertz CT molecular complexity index is 279. The van der Waals surface area contributed by atoms with E-state index in [9.17, 15) is 0 Å². The Morgan fingerprint density at radius 1 is 1.20 bits per heavy atom. The van der Waals surface area contributed by atoms with Gasteiger partial charge in [0.2, 0.25) is 0 Å². The summed E-state index contributed by atoms with van der Waals surface area (Å²) < 4.78 is 0. The summed E-state index contributed by atoms with van der Waals surface area (Å²) in [5.41, 5.74) is 0. The van der Waals surface area contributed by atoms with E-state index in [1.807, 2.05) is 0 Å². The fourth-order valence-corrected chi connectivity index (χ4v) is 3.93. The van der Waals surface area contributed by atoms with Crippen LogP contribution in [0, 0.1) is 5.92 Å². The minimum atomic E-state index is 0.701. The Morgan fingerprint density at radius 2 is 2.00 bits per heavy atom. The maximum absolute atomic E-state index is 3.77. The van der Waals surface area contributed by atoms with Gasteiger partial charge in [-0.1, -0.05) is 27.2 Å². The van der Waals surface area contributed by atoms with E-state index < -0.39 is 0 Å². The highest BCUT2D eigenvalue weighted by molar-refractivity contribution is 4.89. The summed E-state index contributed by atoms with van der Waals surface area (Å²) >= 11 is 0. The molecular weight excluding hydrogens is 246 g/mol. The van der Waals surface area contributed by atoms with Crippen molar-refractivity contribution in [3.05, 3.63) is 0 Å². The largest absolute Gasteiger partial charge is 0.311 e. The van der Waals surface area contributed by atoms with Gasteiger partial charge in [-0.15, -0.1) is 0 Å². The maximum Gasteiger partial charge on any atom is 0.0220 e. The van der Waals surface area contributed by atoms with Crippen LogP contribution in [-0.2, 0) is 0 Å². The summed E-state index contributed by atoms with van der Waals surface area (Å²) in [6, 6.07) is 2.23. The number of nitrogens with one attached hydrogen (secondary N) is 1. The molecule has 3 atom stereocenters. The first-order chi connectivity index (χ1) is 9.60. The van der Waals surface area contributed by atoms with Crippen LogP contribution in [0.5, 0.6) is 0 Å². The fourth-order valence-electron chi connectivity index (χ4n) is 3.93. The number of rotatable bonds is 5. The summed E-state index contributed by atoms with van der Waals surface area (Å²) in [5.74, 6) is 0.796. The van der Waals surface area contributed by atoms with Crippen LogP contribution in [0.25, 0.3) is 0 Å². The van der Waals surface area contributed by atoms with Gasteiger partial charge >= 0.3 is 0 Å². The van der Waals surface area contributed by atoms with Crippen molar-refractivity contribution >= 4 is 0 Å². The maximum atomic E-state index is 3.77. The van der Waals surface area contributed by atoms with Gasteiger partial charge in [-0.3, -0.25) is 4.90 Å². The van der Waals surface area contributed by atoms with Gasteiger partial charge in [0.15, 0.2) is 0 Å². The van der Waals surface area contributed by atoms with E-state index >= 15 is 0 Å². The topological polar surface area (TPSA) is 18.5 Å². The lowest BCUT2D eigenvalue weighted by Gasteiger charge is -2.44. The molecule has 0 amide bonds. The minimum Gasteiger partial charge on any atom is -0.311 e. The first-order valence-corrected chi connectivity index (χ1v) is 8.77. The van der Waals surface area contributed by atoms with Gasteiger partial charge in [0.1, 0.15) is 0 Å². The molecule has 0 saturated carbocycles. The summed E-state index contributed by atoms with van der Waals surface area (Å²) in [4.78, 5) is 5.38. The van der Waals surface area contributed by atoms with Gasteiger partial charge in [-0.05, 0) is 45.2 Å². The Kier molecular flexibility index (Phi) is 6.31. The van der Waals surface area contributed by atoms with Crippen LogP contribution in [0.2, 0.25) is 0 Å². The molecule has 2 aliphatic rings. The van der Waals surface area contributed by atoms with Crippen molar-refractivity contribution in [1.82, 2.24) is 15.1 Å². The standard InChI is InChI=1S/C17H35N3/c1-5-16-11-18-15(10-14(2)3)12-20(16)13-17-8-6-7-9-19(17)4/h14-18H,5-13H2,1-4H3. The molecule has 118 valence electrons. The molecule has 0 aliphatic carbocycles. The summed E-state index contributed by atoms with van der Waals surface area (Å²) in [6.45, 7) is 12.0. The molecule has 3 unspecified atom stereocenters. The molecule has 20 heavy (non-hydrogen) atoms. The van der Waals surface area contributed by atoms with Gasteiger partial charge in [0.25, 0.3) is 0 Å². The minimum absolute atomic E-state index is 0.701. The number of nitrogens with zero attached hydrogens (tertiary/aromatic N) is 2. The fraction of sp³-hybridized carbons (Fsp3) is 1.00. The average Bonchev–Trinajstić information content (AvgIpc) is 2.41. The van der Waals surface area contributed by atoms with Gasteiger partial charge in [-0.2, -0.15) is 0 Å². The van der Waals surface area contributed by atoms with Crippen molar-refractivity contribution in [3.63, 3.8) is 0 Å². The van der Waals surface area contributed by atoms with Crippen molar-refractivity contribution in [2.75, 3.05) is 33.2 Å². The second-order valence-corrected chi connectivity index (χ2v) is 7.38. The molecule has 2 heterocycles. The molecule has 2 rings (SSSR count). The van der Waals surface area contributed by atoms with E-state index in [4.69, 9.17) is 0 Å². The number of hydrogen-bond donors (Lipinski definition) is 1. The summed E-state index contributed by atoms with van der Waals surface area (Å²) in [6.07, 6.45) is 6.80. The zero-order valence-electron chi connectivity index (χ0n) is 14.1. The summed E-state index contributed by atoms with van der Waals surface area (Å²) in [5, 5.41) is 3.77. The number of piperazine rings is 1. The van der Waals surface area contributed by atoms with Crippen molar-refractivity contribution in [2.24, 2.45) is 5.92 Å². The lowest BCUT2D eigenvalue weighted by molar-refractivity contribution is 0.0673. The molecule has 0 spiro atoms. The van der Waals surface area contributed by atoms with Gasteiger partial charge < -0.3 is 10.2 Å². The third kappa shape index (κ3) is 4.44. The van der Waals surface area contributed by atoms with Crippen LogP contribution in [0.1, 0.15) is 52.9 Å². The van der Waals surface area contributed by atoms with E-state index in [-0.39, 0.29) is 0 Å². The molecule has 0 bridgehead atoms. The third-order valence-electron chi connectivity index (χ3n) is 5.21. The van der Waals surface area contributed by atoms with E-state index in [0.717, 1.165) is 18.0 Å². The molecule has 2 saturated heterocycles. The van der Waals surface area contributed by atoms with Crippen molar-refractivity contribution in [3.8, 4) is 0 Å². The number of likely N-dealkylation sites (N-methyl/N-ethyl adjacent to an activating group) is 1. The van der Waals surface area contributed by atoms with Gasteiger partial charge in [0, 0.05) is 37.8 Å². The lowest BCUT2D eigenvalue weighted by Crippen LogP contribution is -2.59. The van der Waals surface area contributed by atoms with Crippen LogP contribution >= 0.6 is 0 Å². The van der Waals surface area contributed by atoms with Gasteiger partial charge in [-0.25, -0.2) is 0 Å². The second kappa shape index (κ2) is 7.77. The predicted molar refractivity (Wildman–Crippen MR) is 87.2 cm³/mol. The highest BCUT2D eigenvalue weighted by Gasteiger charge is 2.30. The zero-order valence-corrected chi connectivity index (χ0v) is 14.1. The Morgan fingerprint density at radius 3 is 2.65 bits per heavy atom. The monoisotopic (exact) mass is 281 g/mol. The molecular formula is C17H35N3. The molecule has 1 N–H and O–H groups in total. The van der Waals surface area contributed by atoms with Gasteiger partial charge in [0.05, 0.1) is 0 Å². The quantitative estimate of drug-likeness (QED) is 0.835. The van der Waals surface area contributed by atoms with Crippen molar-refractivity contribution in [2.45, 2.75) is 71.0 Å². The Labute approximate surface area is 126 Å². The normalized spacial score (nSPS) is 33.8. The first-order valence-electron chi connectivity index (χ1n) is 8.77. The second-order valence-electron chi connectivity index (χ2n) is 7.38. The molecule has 3 nitrogen and oxygen atoms in total. The first kappa shape index (κ1) is 16.3. The number of likely N-dealkylation sites (tertiary alicyclic amines) is 1. The van der Waals surface area contributed by atoms with Crippen LogP contribution in [0.3, 0.4) is 0 Å². The highest BCUT2D eigenvalue weighted by Crippen LogP contribution is 2.20. The lowest BCUT2D eigenvalue weighted by atomic mass is 9.96. The molecule has 0 radical (unpaired) electrons. The van der Waals surface area contributed by atoms with Crippen LogP contribution in [0.4, 0.5) is 0 Å².